The Kier molecular flexibility index (Phi) is 4.28. The highest BCUT2D eigenvalue weighted by molar-refractivity contribution is 6.04. The van der Waals surface area contributed by atoms with Crippen LogP contribution in [0.2, 0.25) is 0 Å². The van der Waals surface area contributed by atoms with E-state index in [1.54, 1.807) is 18.2 Å². The van der Waals surface area contributed by atoms with Gasteiger partial charge in [0, 0.05) is 23.1 Å². The fourth-order valence-corrected chi connectivity index (χ4v) is 4.16. The first-order valence-electron chi connectivity index (χ1n) is 9.83. The molecule has 2 aliphatic rings. The normalized spacial score (nSPS) is 19.5. The quantitative estimate of drug-likeness (QED) is 0.667. The van der Waals surface area contributed by atoms with Gasteiger partial charge in [0.2, 0.25) is 6.23 Å². The number of hydrogen-bond donors (Lipinski definition) is 2. The number of aryl methyl sites for hydroxylation is 1. The Bertz CT molecular complexity index is 1160. The number of nitrogens with zero attached hydrogens (tertiary/aromatic N) is 2. The van der Waals surface area contributed by atoms with Gasteiger partial charge in [-0.25, -0.2) is 5.01 Å². The predicted molar refractivity (Wildman–Crippen MR) is 113 cm³/mol. The van der Waals surface area contributed by atoms with Crippen molar-refractivity contribution in [2.24, 2.45) is 5.10 Å². The molecule has 3 aromatic rings. The van der Waals surface area contributed by atoms with E-state index in [2.05, 4.69) is 0 Å². The van der Waals surface area contributed by atoms with Crippen molar-refractivity contribution < 1.29 is 19.7 Å². The first kappa shape index (κ1) is 18.4. The van der Waals surface area contributed by atoms with Crippen LogP contribution in [0.4, 0.5) is 0 Å². The third-order valence-electron chi connectivity index (χ3n) is 5.65. The van der Waals surface area contributed by atoms with Crippen LogP contribution in [0, 0.1) is 6.92 Å². The van der Waals surface area contributed by atoms with Gasteiger partial charge >= 0.3 is 0 Å². The largest absolute Gasteiger partial charge is 0.507 e. The second-order valence-electron chi connectivity index (χ2n) is 7.61. The molecule has 0 bridgehead atoms. The molecule has 2 aliphatic heterocycles. The van der Waals surface area contributed by atoms with Crippen molar-refractivity contribution in [1.82, 2.24) is 5.01 Å². The van der Waals surface area contributed by atoms with E-state index in [0.717, 1.165) is 33.7 Å². The summed E-state index contributed by atoms with van der Waals surface area (Å²) in [5.41, 5.74) is 4.43. The van der Waals surface area contributed by atoms with E-state index in [0.29, 0.717) is 12.2 Å². The zero-order valence-corrected chi connectivity index (χ0v) is 16.7. The molecule has 0 amide bonds. The number of para-hydroxylation sites is 1. The second kappa shape index (κ2) is 6.99. The summed E-state index contributed by atoms with van der Waals surface area (Å²) in [4.78, 5) is 0. The lowest BCUT2D eigenvalue weighted by Gasteiger charge is -2.38. The molecule has 6 heteroatoms. The van der Waals surface area contributed by atoms with E-state index in [1.165, 1.54) is 7.11 Å². The number of ether oxygens (including phenoxy) is 2. The zero-order chi connectivity index (χ0) is 20.8. The van der Waals surface area contributed by atoms with Gasteiger partial charge in [0.15, 0.2) is 11.5 Å². The minimum atomic E-state index is -0.508. The summed E-state index contributed by atoms with van der Waals surface area (Å²) in [5.74, 6) is 1.46. The van der Waals surface area contributed by atoms with Crippen molar-refractivity contribution in [2.75, 3.05) is 7.11 Å². The van der Waals surface area contributed by atoms with Crippen LogP contribution in [0.1, 0.15) is 40.9 Å². The minimum absolute atomic E-state index is 0.0286. The number of aromatic hydroxyl groups is 2. The molecule has 30 heavy (non-hydrogen) atoms. The molecule has 0 fully saturated rings. The fraction of sp³-hybridized carbons (Fsp3) is 0.208. The summed E-state index contributed by atoms with van der Waals surface area (Å²) in [7, 11) is 1.52. The topological polar surface area (TPSA) is 74.5 Å². The van der Waals surface area contributed by atoms with Gasteiger partial charge in [0.1, 0.15) is 11.5 Å². The number of hydrogen-bond acceptors (Lipinski definition) is 6. The molecule has 6 nitrogen and oxygen atoms in total. The minimum Gasteiger partial charge on any atom is -0.507 e. The van der Waals surface area contributed by atoms with Gasteiger partial charge in [0.05, 0.1) is 18.9 Å². The zero-order valence-electron chi connectivity index (χ0n) is 16.7. The Hall–Kier alpha value is -3.67. The van der Waals surface area contributed by atoms with E-state index >= 15 is 0 Å². The van der Waals surface area contributed by atoms with Crippen LogP contribution in [0.3, 0.4) is 0 Å². The second-order valence-corrected chi connectivity index (χ2v) is 7.61. The Morgan fingerprint density at radius 1 is 1.03 bits per heavy atom. The summed E-state index contributed by atoms with van der Waals surface area (Å²) in [6.45, 7) is 1.99. The van der Waals surface area contributed by atoms with E-state index in [9.17, 15) is 10.2 Å². The standard InChI is InChI=1S/C24H22N2O4/c1-14-7-9-20(27)17(11-14)18-13-19-16-5-3-4-6-22(16)30-24(26(19)25-18)15-8-10-23(29-2)21(28)12-15/h3-12,19,24,27-28H,13H2,1-2H3/t19-,24-/m1/s1. The van der Waals surface area contributed by atoms with E-state index in [4.69, 9.17) is 14.6 Å². The maximum atomic E-state index is 10.4. The molecule has 0 radical (unpaired) electrons. The van der Waals surface area contributed by atoms with Gasteiger partial charge in [0.25, 0.3) is 0 Å². The van der Waals surface area contributed by atoms with Crippen molar-refractivity contribution in [3.8, 4) is 23.0 Å². The molecule has 152 valence electrons. The molecule has 0 saturated carbocycles. The van der Waals surface area contributed by atoms with Crippen molar-refractivity contribution >= 4 is 5.71 Å². The van der Waals surface area contributed by atoms with Crippen LogP contribution in [-0.4, -0.2) is 28.0 Å². The predicted octanol–water partition coefficient (Wildman–Crippen LogP) is 4.66. The van der Waals surface area contributed by atoms with Gasteiger partial charge in [-0.05, 0) is 43.3 Å². The number of fused-ring (bicyclic) bond motifs is 3. The lowest BCUT2D eigenvalue weighted by atomic mass is 9.95. The SMILES string of the molecule is COc1ccc([C@H]2Oc3ccccc3[C@H]3CC(c4cc(C)ccc4O)=NN32)cc1O. The number of phenolic OH excluding ortho intramolecular Hbond substituents is 2. The van der Waals surface area contributed by atoms with Crippen molar-refractivity contribution in [3.05, 3.63) is 82.9 Å². The van der Waals surface area contributed by atoms with Gasteiger partial charge in [-0.2, -0.15) is 5.10 Å². The number of rotatable bonds is 3. The summed E-state index contributed by atoms with van der Waals surface area (Å²) < 4.78 is 11.5. The average Bonchev–Trinajstić information content (AvgIpc) is 3.20. The monoisotopic (exact) mass is 402 g/mol. The summed E-state index contributed by atoms with van der Waals surface area (Å²) in [5, 5.41) is 27.5. The first-order valence-corrected chi connectivity index (χ1v) is 9.83. The molecule has 0 saturated heterocycles. The van der Waals surface area contributed by atoms with Crippen LogP contribution in [-0.2, 0) is 0 Å². The molecular formula is C24H22N2O4. The van der Waals surface area contributed by atoms with Gasteiger partial charge in [-0.15, -0.1) is 0 Å². The highest BCUT2D eigenvalue weighted by atomic mass is 16.5. The molecule has 2 heterocycles. The van der Waals surface area contributed by atoms with E-state index in [-0.39, 0.29) is 17.5 Å². The van der Waals surface area contributed by atoms with Crippen LogP contribution in [0.5, 0.6) is 23.0 Å². The number of hydrazone groups is 1. The van der Waals surface area contributed by atoms with Gasteiger partial charge < -0.3 is 19.7 Å². The Morgan fingerprint density at radius 2 is 1.87 bits per heavy atom. The molecule has 2 N–H and O–H groups in total. The molecule has 2 atom stereocenters. The van der Waals surface area contributed by atoms with Gasteiger partial charge in [-0.3, -0.25) is 0 Å². The lowest BCUT2D eigenvalue weighted by molar-refractivity contribution is -0.0191. The van der Waals surface area contributed by atoms with Crippen molar-refractivity contribution in [1.29, 1.82) is 0 Å². The molecule has 5 rings (SSSR count). The summed E-state index contributed by atoms with van der Waals surface area (Å²) >= 11 is 0. The van der Waals surface area contributed by atoms with Gasteiger partial charge in [-0.1, -0.05) is 29.8 Å². The smallest absolute Gasteiger partial charge is 0.214 e. The average molecular weight is 402 g/mol. The number of benzene rings is 3. The summed E-state index contributed by atoms with van der Waals surface area (Å²) in [6, 6.07) is 18.7. The molecule has 0 aliphatic carbocycles. The van der Waals surface area contributed by atoms with Crippen molar-refractivity contribution in [3.63, 3.8) is 0 Å². The first-order chi connectivity index (χ1) is 14.5. The fourth-order valence-electron chi connectivity index (χ4n) is 4.16. The molecule has 0 spiro atoms. The van der Waals surface area contributed by atoms with Crippen LogP contribution in [0.25, 0.3) is 0 Å². The maximum Gasteiger partial charge on any atom is 0.214 e. The third-order valence-corrected chi connectivity index (χ3v) is 5.65. The van der Waals surface area contributed by atoms with E-state index < -0.39 is 6.23 Å². The number of methoxy groups -OCH3 is 1. The Morgan fingerprint density at radius 3 is 2.67 bits per heavy atom. The molecule has 0 unspecified atom stereocenters. The number of phenols is 2. The lowest BCUT2D eigenvalue weighted by Crippen LogP contribution is -2.33. The summed E-state index contributed by atoms with van der Waals surface area (Å²) in [6.07, 6.45) is 0.141. The van der Waals surface area contributed by atoms with Crippen LogP contribution >= 0.6 is 0 Å². The highest BCUT2D eigenvalue weighted by Gasteiger charge is 2.41. The molecule has 3 aromatic carbocycles. The van der Waals surface area contributed by atoms with E-state index in [1.807, 2.05) is 54.4 Å². The van der Waals surface area contributed by atoms with Crippen LogP contribution in [0.15, 0.2) is 65.8 Å². The highest BCUT2D eigenvalue weighted by Crippen LogP contribution is 2.48. The third kappa shape index (κ3) is 2.92. The molecule has 0 aromatic heterocycles. The maximum absolute atomic E-state index is 10.4. The van der Waals surface area contributed by atoms with Crippen molar-refractivity contribution in [2.45, 2.75) is 25.6 Å². The Labute approximate surface area is 174 Å². The molecular weight excluding hydrogens is 380 g/mol. The van der Waals surface area contributed by atoms with Crippen LogP contribution < -0.4 is 9.47 Å². The Balaban J connectivity index is 1.61.